The van der Waals surface area contributed by atoms with Gasteiger partial charge >= 0.3 is 0 Å². The number of benzene rings is 1. The number of sulfonamides is 1. The number of rotatable bonds is 4. The number of hydrogen-bond donors (Lipinski definition) is 1. The molecule has 0 bridgehead atoms. The maximum absolute atomic E-state index is 11.8. The van der Waals surface area contributed by atoms with Crippen LogP contribution in [0.15, 0.2) is 29.2 Å². The summed E-state index contributed by atoms with van der Waals surface area (Å²) in [5.74, 6) is 0.203. The molecule has 0 unspecified atom stereocenters. The third-order valence-corrected chi connectivity index (χ3v) is 3.78. The van der Waals surface area contributed by atoms with Crippen molar-refractivity contribution in [3.05, 3.63) is 29.8 Å². The Bertz CT molecular complexity index is 424. The van der Waals surface area contributed by atoms with E-state index in [-0.39, 0.29) is 5.92 Å². The van der Waals surface area contributed by atoms with Gasteiger partial charge in [0.25, 0.3) is 0 Å². The van der Waals surface area contributed by atoms with Gasteiger partial charge < -0.3 is 0 Å². The molecule has 0 aromatic heterocycles. The van der Waals surface area contributed by atoms with Crippen LogP contribution in [0.25, 0.3) is 0 Å². The Labute approximate surface area is 91.6 Å². The van der Waals surface area contributed by atoms with Gasteiger partial charge in [-0.1, -0.05) is 39.0 Å². The maximum atomic E-state index is 11.8. The van der Waals surface area contributed by atoms with Gasteiger partial charge in [0.05, 0.1) is 4.90 Å². The fraction of sp³-hybridized carbons (Fsp3) is 0.455. The smallest absolute Gasteiger partial charge is 0.211 e. The van der Waals surface area contributed by atoms with Crippen molar-refractivity contribution in [1.29, 1.82) is 0 Å². The topological polar surface area (TPSA) is 46.2 Å². The van der Waals surface area contributed by atoms with E-state index in [1.807, 2.05) is 26.0 Å². The van der Waals surface area contributed by atoms with Gasteiger partial charge in [-0.05, 0) is 17.5 Å². The van der Waals surface area contributed by atoms with Crippen molar-refractivity contribution in [2.75, 3.05) is 6.54 Å². The minimum Gasteiger partial charge on any atom is -0.211 e. The summed E-state index contributed by atoms with van der Waals surface area (Å²) in [7, 11) is -3.34. The van der Waals surface area contributed by atoms with Gasteiger partial charge in [-0.3, -0.25) is 0 Å². The second kappa shape index (κ2) is 4.77. The summed E-state index contributed by atoms with van der Waals surface area (Å²) in [4.78, 5) is 0.391. The minimum absolute atomic E-state index is 0.203. The molecule has 1 N–H and O–H groups in total. The Morgan fingerprint density at radius 2 is 1.87 bits per heavy atom. The van der Waals surface area contributed by atoms with Crippen LogP contribution in [0, 0.1) is 0 Å². The molecular formula is C11H17NO2S. The van der Waals surface area contributed by atoms with E-state index in [2.05, 4.69) is 4.72 Å². The Balaban J connectivity index is 3.25. The highest BCUT2D eigenvalue weighted by atomic mass is 32.2. The molecule has 0 aliphatic heterocycles. The van der Waals surface area contributed by atoms with Crippen molar-refractivity contribution < 1.29 is 8.42 Å². The summed E-state index contributed by atoms with van der Waals surface area (Å²) in [5.41, 5.74) is 0.860. The largest absolute Gasteiger partial charge is 0.240 e. The standard InChI is InChI=1S/C11H17NO2S/c1-4-12-15(13,14)11-8-6-5-7-10(11)9(2)3/h5-9,12H,4H2,1-3H3. The van der Waals surface area contributed by atoms with Crippen LogP contribution < -0.4 is 4.72 Å². The first-order valence-corrected chi connectivity index (χ1v) is 6.56. The lowest BCUT2D eigenvalue weighted by Gasteiger charge is -2.12. The normalized spacial score (nSPS) is 12.0. The van der Waals surface area contributed by atoms with Gasteiger partial charge in [0, 0.05) is 6.54 Å². The number of nitrogens with one attached hydrogen (secondary N) is 1. The van der Waals surface area contributed by atoms with Gasteiger partial charge in [-0.15, -0.1) is 0 Å². The second-order valence-corrected chi connectivity index (χ2v) is 5.43. The average molecular weight is 227 g/mol. The van der Waals surface area contributed by atoms with Crippen molar-refractivity contribution in [2.24, 2.45) is 0 Å². The Kier molecular flexibility index (Phi) is 3.88. The molecule has 1 aromatic rings. The maximum Gasteiger partial charge on any atom is 0.240 e. The first-order valence-electron chi connectivity index (χ1n) is 5.07. The first kappa shape index (κ1) is 12.2. The zero-order valence-corrected chi connectivity index (χ0v) is 10.1. The molecule has 0 fully saturated rings. The fourth-order valence-corrected chi connectivity index (χ4v) is 2.88. The van der Waals surface area contributed by atoms with Gasteiger partial charge in [-0.25, -0.2) is 13.1 Å². The Hall–Kier alpha value is -0.870. The summed E-state index contributed by atoms with van der Waals surface area (Å²) in [6, 6.07) is 7.11. The molecule has 0 heterocycles. The molecule has 0 amide bonds. The molecule has 0 atom stereocenters. The van der Waals surface area contributed by atoms with Crippen molar-refractivity contribution >= 4 is 10.0 Å². The molecule has 0 aliphatic carbocycles. The predicted molar refractivity (Wildman–Crippen MR) is 61.4 cm³/mol. The third kappa shape index (κ3) is 2.79. The molecule has 4 heteroatoms. The molecule has 84 valence electrons. The molecule has 15 heavy (non-hydrogen) atoms. The Morgan fingerprint density at radius 3 is 2.40 bits per heavy atom. The lowest BCUT2D eigenvalue weighted by molar-refractivity contribution is 0.581. The first-order chi connectivity index (χ1) is 6.99. The van der Waals surface area contributed by atoms with Gasteiger partial charge in [-0.2, -0.15) is 0 Å². The van der Waals surface area contributed by atoms with E-state index in [1.54, 1.807) is 19.1 Å². The molecule has 1 rings (SSSR count). The molecule has 0 saturated heterocycles. The summed E-state index contributed by atoms with van der Waals surface area (Å²) in [5, 5.41) is 0. The van der Waals surface area contributed by atoms with E-state index in [4.69, 9.17) is 0 Å². The van der Waals surface area contributed by atoms with Crippen LogP contribution in [0.4, 0.5) is 0 Å². The minimum atomic E-state index is -3.34. The van der Waals surface area contributed by atoms with Crippen molar-refractivity contribution in [3.63, 3.8) is 0 Å². The summed E-state index contributed by atoms with van der Waals surface area (Å²) < 4.78 is 26.2. The van der Waals surface area contributed by atoms with E-state index in [1.165, 1.54) is 0 Å². The highest BCUT2D eigenvalue weighted by Gasteiger charge is 2.17. The predicted octanol–water partition coefficient (Wildman–Crippen LogP) is 2.11. The zero-order chi connectivity index (χ0) is 11.5. The van der Waals surface area contributed by atoms with E-state index in [0.29, 0.717) is 11.4 Å². The van der Waals surface area contributed by atoms with Crippen LogP contribution in [0.3, 0.4) is 0 Å². The van der Waals surface area contributed by atoms with Crippen LogP contribution in [-0.4, -0.2) is 15.0 Å². The van der Waals surface area contributed by atoms with Crippen LogP contribution in [0.5, 0.6) is 0 Å². The highest BCUT2D eigenvalue weighted by molar-refractivity contribution is 7.89. The summed E-state index contributed by atoms with van der Waals surface area (Å²) in [6.07, 6.45) is 0. The molecule has 3 nitrogen and oxygen atoms in total. The van der Waals surface area contributed by atoms with Gasteiger partial charge in [0.2, 0.25) is 10.0 Å². The van der Waals surface area contributed by atoms with E-state index < -0.39 is 10.0 Å². The average Bonchev–Trinajstić information content (AvgIpc) is 2.17. The molecule has 0 saturated carbocycles. The van der Waals surface area contributed by atoms with Crippen LogP contribution in [0.2, 0.25) is 0 Å². The van der Waals surface area contributed by atoms with Crippen molar-refractivity contribution in [2.45, 2.75) is 31.6 Å². The van der Waals surface area contributed by atoms with Crippen LogP contribution >= 0.6 is 0 Å². The lowest BCUT2D eigenvalue weighted by Crippen LogP contribution is -2.24. The monoisotopic (exact) mass is 227 g/mol. The van der Waals surface area contributed by atoms with Crippen molar-refractivity contribution in [1.82, 2.24) is 4.72 Å². The second-order valence-electron chi connectivity index (χ2n) is 3.69. The lowest BCUT2D eigenvalue weighted by atomic mass is 10.0. The number of hydrogen-bond acceptors (Lipinski definition) is 2. The van der Waals surface area contributed by atoms with E-state index >= 15 is 0 Å². The molecule has 0 radical (unpaired) electrons. The highest BCUT2D eigenvalue weighted by Crippen LogP contribution is 2.22. The Morgan fingerprint density at radius 1 is 1.27 bits per heavy atom. The van der Waals surface area contributed by atoms with Gasteiger partial charge in [0.1, 0.15) is 0 Å². The van der Waals surface area contributed by atoms with E-state index in [0.717, 1.165) is 5.56 Å². The van der Waals surface area contributed by atoms with Crippen LogP contribution in [0.1, 0.15) is 32.3 Å². The molecule has 0 aliphatic rings. The van der Waals surface area contributed by atoms with Crippen molar-refractivity contribution in [3.8, 4) is 0 Å². The third-order valence-electron chi connectivity index (χ3n) is 2.16. The van der Waals surface area contributed by atoms with Crippen LogP contribution in [-0.2, 0) is 10.0 Å². The molecular weight excluding hydrogens is 210 g/mol. The molecule has 1 aromatic carbocycles. The summed E-state index contributed by atoms with van der Waals surface area (Å²) in [6.45, 7) is 6.16. The molecule has 0 spiro atoms. The summed E-state index contributed by atoms with van der Waals surface area (Å²) >= 11 is 0. The fourth-order valence-electron chi connectivity index (χ4n) is 1.47. The zero-order valence-electron chi connectivity index (χ0n) is 9.32. The van der Waals surface area contributed by atoms with Gasteiger partial charge in [0.15, 0.2) is 0 Å². The SMILES string of the molecule is CCNS(=O)(=O)c1ccccc1C(C)C. The quantitative estimate of drug-likeness (QED) is 0.856. The van der Waals surface area contributed by atoms with E-state index in [9.17, 15) is 8.42 Å².